The number of carbonyl (C=O) groups is 2. The summed E-state index contributed by atoms with van der Waals surface area (Å²) in [6, 6.07) is 4.53. The van der Waals surface area contributed by atoms with Crippen LogP contribution in [0.15, 0.2) is 35.0 Å². The van der Waals surface area contributed by atoms with E-state index in [4.69, 9.17) is 9.15 Å². The third-order valence-electron chi connectivity index (χ3n) is 7.44. The quantitative estimate of drug-likeness (QED) is 0.214. The van der Waals surface area contributed by atoms with Crippen molar-refractivity contribution in [2.45, 2.75) is 82.8 Å². The number of unbranched alkanes of at least 4 members (excludes halogenated alkanes) is 5. The second-order valence-electron chi connectivity index (χ2n) is 9.98. The molecule has 1 amide bonds. The molecule has 2 aliphatic heterocycles. The summed E-state index contributed by atoms with van der Waals surface area (Å²) in [5.74, 6) is -0.664. The summed E-state index contributed by atoms with van der Waals surface area (Å²) in [5.41, 5.74) is 1.79. The molecule has 1 N–H and O–H groups in total. The number of rotatable bonds is 13. The van der Waals surface area contributed by atoms with Crippen LogP contribution in [-0.4, -0.2) is 42.7 Å². The van der Waals surface area contributed by atoms with E-state index in [1.807, 2.05) is 0 Å². The van der Waals surface area contributed by atoms with Crippen molar-refractivity contribution >= 4 is 18.0 Å². The Hall–Kier alpha value is -3.00. The van der Waals surface area contributed by atoms with Crippen LogP contribution in [0.5, 0.6) is 0 Å². The zero-order chi connectivity index (χ0) is 26.2. The number of aromatic nitrogens is 1. The maximum atomic E-state index is 14.2. The molecule has 1 aromatic carbocycles. The van der Waals surface area contributed by atoms with Crippen LogP contribution in [0.4, 0.5) is 4.39 Å². The number of methoxy groups -OCH3 is 1. The van der Waals surface area contributed by atoms with Crippen LogP contribution in [-0.2, 0) is 20.7 Å². The molecule has 0 radical (unpaired) electrons. The molecule has 2 fully saturated rings. The average Bonchev–Trinajstić information content (AvgIpc) is 3.64. The van der Waals surface area contributed by atoms with Gasteiger partial charge in [0.2, 0.25) is 5.89 Å². The van der Waals surface area contributed by atoms with Gasteiger partial charge in [-0.3, -0.25) is 4.79 Å². The summed E-state index contributed by atoms with van der Waals surface area (Å²) >= 11 is 0. The smallest absolute Gasteiger partial charge is 0.330 e. The molecule has 4 rings (SSSR count). The van der Waals surface area contributed by atoms with Gasteiger partial charge in [0.1, 0.15) is 12.1 Å². The lowest BCUT2D eigenvalue weighted by Gasteiger charge is -2.26. The van der Waals surface area contributed by atoms with E-state index in [0.29, 0.717) is 18.9 Å². The van der Waals surface area contributed by atoms with Gasteiger partial charge in [-0.15, -0.1) is 0 Å². The number of amides is 1. The van der Waals surface area contributed by atoms with E-state index in [1.165, 1.54) is 57.3 Å². The maximum Gasteiger partial charge on any atom is 0.330 e. The largest absolute Gasteiger partial charge is 0.466 e. The molecule has 37 heavy (non-hydrogen) atoms. The second kappa shape index (κ2) is 13.0. The molecule has 2 saturated heterocycles. The van der Waals surface area contributed by atoms with Crippen LogP contribution in [0.25, 0.3) is 6.08 Å². The molecule has 8 heteroatoms. The van der Waals surface area contributed by atoms with E-state index in [9.17, 15) is 14.0 Å². The van der Waals surface area contributed by atoms with Crippen LogP contribution in [0.2, 0.25) is 0 Å². The summed E-state index contributed by atoms with van der Waals surface area (Å²) in [7, 11) is 1.31. The predicted molar refractivity (Wildman–Crippen MR) is 137 cm³/mol. The molecule has 0 spiro atoms. The molecule has 0 saturated carbocycles. The fourth-order valence-corrected chi connectivity index (χ4v) is 5.51. The van der Waals surface area contributed by atoms with E-state index in [2.05, 4.69) is 22.0 Å². The number of carbonyl (C=O) groups excluding carboxylic acids is 2. The Balaban J connectivity index is 1.42. The lowest BCUT2D eigenvalue weighted by molar-refractivity contribution is -0.134. The summed E-state index contributed by atoms with van der Waals surface area (Å²) < 4.78 is 30.9. The van der Waals surface area contributed by atoms with E-state index in [0.717, 1.165) is 36.8 Å². The lowest BCUT2D eigenvalue weighted by atomic mass is 9.75. The summed E-state index contributed by atoms with van der Waals surface area (Å²) in [4.78, 5) is 28.8. The molecular formula is C29H37FN2O5. The minimum Gasteiger partial charge on any atom is -0.466 e. The predicted octanol–water partition coefficient (Wildman–Crippen LogP) is 5.59. The first-order chi connectivity index (χ1) is 18.0. The number of ether oxygens (including phenoxy) is 2. The van der Waals surface area contributed by atoms with Crippen LogP contribution in [0.3, 0.4) is 0 Å². The fourth-order valence-electron chi connectivity index (χ4n) is 5.51. The maximum absolute atomic E-state index is 14.2. The van der Waals surface area contributed by atoms with Crippen molar-refractivity contribution in [3.05, 3.63) is 59.1 Å². The first-order valence-corrected chi connectivity index (χ1v) is 13.4. The Morgan fingerprint density at radius 1 is 1.16 bits per heavy atom. The van der Waals surface area contributed by atoms with E-state index in [-0.39, 0.29) is 41.5 Å². The van der Waals surface area contributed by atoms with Crippen molar-refractivity contribution in [2.24, 2.45) is 5.92 Å². The molecule has 2 bridgehead atoms. The van der Waals surface area contributed by atoms with E-state index in [1.54, 1.807) is 12.1 Å². The normalized spacial score (nSPS) is 22.6. The van der Waals surface area contributed by atoms with Crippen molar-refractivity contribution in [1.82, 2.24) is 10.3 Å². The van der Waals surface area contributed by atoms with Crippen molar-refractivity contribution in [3.63, 3.8) is 0 Å². The average molecular weight is 513 g/mol. The van der Waals surface area contributed by atoms with Gasteiger partial charge in [-0.2, -0.15) is 0 Å². The highest BCUT2D eigenvalue weighted by molar-refractivity contribution is 5.91. The highest BCUT2D eigenvalue weighted by Gasteiger charge is 2.51. The Labute approximate surface area is 217 Å². The second-order valence-corrected chi connectivity index (χ2v) is 9.98. The van der Waals surface area contributed by atoms with Crippen molar-refractivity contribution in [1.29, 1.82) is 0 Å². The first-order valence-electron chi connectivity index (χ1n) is 13.4. The highest BCUT2D eigenvalue weighted by atomic mass is 19.1. The number of esters is 1. The minimum atomic E-state index is -0.474. The van der Waals surface area contributed by atoms with Gasteiger partial charge >= 0.3 is 5.97 Å². The molecule has 4 atom stereocenters. The van der Waals surface area contributed by atoms with E-state index >= 15 is 0 Å². The molecule has 2 aromatic rings. The third-order valence-corrected chi connectivity index (χ3v) is 7.44. The van der Waals surface area contributed by atoms with Gasteiger partial charge in [-0.25, -0.2) is 14.2 Å². The van der Waals surface area contributed by atoms with Crippen LogP contribution in [0, 0.1) is 11.7 Å². The highest BCUT2D eigenvalue weighted by Crippen LogP contribution is 2.50. The molecular weight excluding hydrogens is 475 g/mol. The number of halogens is 1. The van der Waals surface area contributed by atoms with E-state index < -0.39 is 5.97 Å². The monoisotopic (exact) mass is 512 g/mol. The summed E-state index contributed by atoms with van der Waals surface area (Å²) in [6.07, 6.45) is 13.6. The fraction of sp³-hybridized carbons (Fsp3) is 0.552. The number of benzene rings is 1. The number of nitrogens with one attached hydrogen (secondary N) is 1. The number of hydrogen-bond donors (Lipinski definition) is 1. The molecule has 1 aromatic heterocycles. The third kappa shape index (κ3) is 6.86. The SMILES string of the molecule is CCCCCCCCNC(=O)c1coc(C2C3CCC(O3)C2Cc2cc(F)ccc2/C=C/C(=O)OC)n1. The number of nitrogens with zero attached hydrogens (tertiary/aromatic N) is 1. The van der Waals surface area contributed by atoms with Gasteiger partial charge in [-0.05, 0) is 55.0 Å². The molecule has 4 unspecified atom stereocenters. The van der Waals surface area contributed by atoms with Gasteiger partial charge in [0.25, 0.3) is 5.91 Å². The van der Waals surface area contributed by atoms with Crippen molar-refractivity contribution < 1.29 is 27.9 Å². The molecule has 200 valence electrons. The van der Waals surface area contributed by atoms with Gasteiger partial charge in [-0.1, -0.05) is 45.1 Å². The van der Waals surface area contributed by atoms with Crippen LogP contribution < -0.4 is 5.32 Å². The Kier molecular flexibility index (Phi) is 9.50. The topological polar surface area (TPSA) is 90.7 Å². The van der Waals surface area contributed by atoms with Crippen LogP contribution in [0.1, 0.15) is 91.7 Å². The first kappa shape index (κ1) is 27.0. The Morgan fingerprint density at radius 2 is 1.95 bits per heavy atom. The molecule has 0 aliphatic carbocycles. The summed E-state index contributed by atoms with van der Waals surface area (Å²) in [6.45, 7) is 2.82. The molecule has 2 aliphatic rings. The van der Waals surface area contributed by atoms with Gasteiger partial charge in [0.15, 0.2) is 5.69 Å². The molecule has 7 nitrogen and oxygen atoms in total. The zero-order valence-corrected chi connectivity index (χ0v) is 21.7. The van der Waals surface area contributed by atoms with Crippen molar-refractivity contribution in [2.75, 3.05) is 13.7 Å². The Morgan fingerprint density at radius 3 is 2.76 bits per heavy atom. The van der Waals surface area contributed by atoms with Gasteiger partial charge in [0, 0.05) is 18.5 Å². The number of oxazole rings is 1. The molecule has 3 heterocycles. The van der Waals surface area contributed by atoms with Crippen molar-refractivity contribution in [3.8, 4) is 0 Å². The lowest BCUT2D eigenvalue weighted by Crippen LogP contribution is -2.28. The number of hydrogen-bond acceptors (Lipinski definition) is 6. The summed E-state index contributed by atoms with van der Waals surface area (Å²) in [5, 5.41) is 2.94. The number of fused-ring (bicyclic) bond motifs is 2. The Bertz CT molecular complexity index is 1100. The standard InChI is InChI=1S/C29H37FN2O5/c1-3-4-5-6-7-8-15-31-28(34)23-18-36-29(32-23)27-22(24-12-13-25(27)37-24)17-20-16-21(30)11-9-19(20)10-14-26(33)35-2/h9-11,14,16,18,22,24-25,27H,3-8,12-13,15,17H2,1-2H3,(H,31,34)/b14-10+. The zero-order valence-electron chi connectivity index (χ0n) is 21.7. The minimum absolute atomic E-state index is 0.00703. The van der Waals surface area contributed by atoms with Gasteiger partial charge < -0.3 is 19.2 Å². The van der Waals surface area contributed by atoms with Gasteiger partial charge in [0.05, 0.1) is 25.2 Å². The van der Waals surface area contributed by atoms with Crippen LogP contribution >= 0.6 is 0 Å².